The third kappa shape index (κ3) is 7.93. The van der Waals surface area contributed by atoms with Crippen molar-refractivity contribution in [2.45, 2.75) is 44.9 Å². The summed E-state index contributed by atoms with van der Waals surface area (Å²) in [6.45, 7) is 1.80. The molecule has 1 aliphatic carbocycles. The maximum absolute atomic E-state index is 12.5. The van der Waals surface area contributed by atoms with Crippen molar-refractivity contribution in [3.63, 3.8) is 0 Å². The summed E-state index contributed by atoms with van der Waals surface area (Å²) in [4.78, 5) is 34.8. The van der Waals surface area contributed by atoms with Crippen LogP contribution >= 0.6 is 0 Å². The topological polar surface area (TPSA) is 149 Å². The molecule has 1 saturated carbocycles. The van der Waals surface area contributed by atoms with Crippen LogP contribution in [-0.4, -0.2) is 35.1 Å². The number of nitrogens with two attached hydrogens (primary N) is 1. The highest BCUT2D eigenvalue weighted by molar-refractivity contribution is 6.00. The standard InChI is InChI=1S/C26H31N5O5/c1-3-20(6-4-5-7-22(27)32)29-26-31-30-25(36-26)24(34)28-21-14-12-19(13-15-21)18-10-8-17(9-11-18)16-23(33)35-2/h3-7,12-15,17-18H,8-11,16H2,1-2H3,(H2,27,32)(H,28,34)(H,29,31)/b6-4-,7-5+,20-3+. The summed E-state index contributed by atoms with van der Waals surface area (Å²) < 4.78 is 10.2. The highest BCUT2D eigenvalue weighted by Gasteiger charge is 2.24. The quantitative estimate of drug-likeness (QED) is 0.255. The summed E-state index contributed by atoms with van der Waals surface area (Å²) in [7, 11) is 1.43. The summed E-state index contributed by atoms with van der Waals surface area (Å²) in [6, 6.07) is 7.78. The van der Waals surface area contributed by atoms with Gasteiger partial charge in [0, 0.05) is 23.9 Å². The van der Waals surface area contributed by atoms with Crippen LogP contribution in [0.15, 0.2) is 64.8 Å². The van der Waals surface area contributed by atoms with E-state index in [-0.39, 0.29) is 17.9 Å². The molecule has 1 aliphatic rings. The average Bonchev–Trinajstić information content (AvgIpc) is 3.35. The number of amides is 2. The molecule has 0 aliphatic heterocycles. The molecule has 0 bridgehead atoms. The SMILES string of the molecule is C\C=C(/C=C\C=C\C(N)=O)Nc1nnc(C(=O)Nc2ccc(C3CCC(CC(=O)OC)CC3)cc2)o1. The third-order valence-electron chi connectivity index (χ3n) is 6.00. The number of aromatic nitrogens is 2. The molecule has 1 aromatic heterocycles. The predicted octanol–water partition coefficient (Wildman–Crippen LogP) is 4.07. The summed E-state index contributed by atoms with van der Waals surface area (Å²) in [6.07, 6.45) is 12.3. The van der Waals surface area contributed by atoms with Crippen LogP contribution in [0.5, 0.6) is 0 Å². The lowest BCUT2D eigenvalue weighted by atomic mass is 9.77. The maximum Gasteiger partial charge on any atom is 0.320 e. The van der Waals surface area contributed by atoms with E-state index in [1.165, 1.54) is 24.8 Å². The number of nitrogens with one attached hydrogen (secondary N) is 2. The molecule has 3 rings (SSSR count). The van der Waals surface area contributed by atoms with E-state index in [0.717, 1.165) is 25.7 Å². The van der Waals surface area contributed by atoms with Crippen molar-refractivity contribution in [3.8, 4) is 0 Å². The Balaban J connectivity index is 1.51. The van der Waals surface area contributed by atoms with Gasteiger partial charge < -0.3 is 25.5 Å². The molecule has 1 fully saturated rings. The summed E-state index contributed by atoms with van der Waals surface area (Å²) >= 11 is 0. The van der Waals surface area contributed by atoms with Crippen LogP contribution in [0.3, 0.4) is 0 Å². The largest absolute Gasteiger partial charge is 0.469 e. The molecular weight excluding hydrogens is 462 g/mol. The number of carbonyl (C=O) groups excluding carboxylic acids is 3. The van der Waals surface area contributed by atoms with Gasteiger partial charge in [0.05, 0.1) is 7.11 Å². The third-order valence-corrected chi connectivity index (χ3v) is 6.00. The molecule has 0 atom stereocenters. The lowest BCUT2D eigenvalue weighted by molar-refractivity contribution is -0.142. The van der Waals surface area contributed by atoms with Crippen molar-refractivity contribution in [2.75, 3.05) is 17.7 Å². The number of hydrogen-bond donors (Lipinski definition) is 3. The molecule has 1 aromatic carbocycles. The minimum atomic E-state index is -0.545. The van der Waals surface area contributed by atoms with Crippen LogP contribution in [0.2, 0.25) is 0 Å². The van der Waals surface area contributed by atoms with E-state index in [0.29, 0.717) is 29.6 Å². The predicted molar refractivity (Wildman–Crippen MR) is 135 cm³/mol. The molecule has 1 heterocycles. The number of anilines is 2. The first-order chi connectivity index (χ1) is 17.4. The van der Waals surface area contributed by atoms with Gasteiger partial charge in [-0.25, -0.2) is 0 Å². The molecule has 36 heavy (non-hydrogen) atoms. The van der Waals surface area contributed by atoms with Crippen molar-refractivity contribution in [2.24, 2.45) is 11.7 Å². The fourth-order valence-electron chi connectivity index (χ4n) is 4.05. The van der Waals surface area contributed by atoms with E-state index in [1.54, 1.807) is 25.2 Å². The van der Waals surface area contributed by atoms with E-state index >= 15 is 0 Å². The number of carbonyl (C=O) groups is 3. The van der Waals surface area contributed by atoms with Crippen molar-refractivity contribution in [1.82, 2.24) is 10.2 Å². The second kappa shape index (κ2) is 13.0. The van der Waals surface area contributed by atoms with Gasteiger partial charge in [-0.15, -0.1) is 5.10 Å². The Hall–Kier alpha value is -4.21. The molecule has 0 spiro atoms. The van der Waals surface area contributed by atoms with E-state index < -0.39 is 11.8 Å². The van der Waals surface area contributed by atoms with Crippen LogP contribution in [0.1, 0.15) is 61.2 Å². The zero-order valence-electron chi connectivity index (χ0n) is 20.4. The van der Waals surface area contributed by atoms with Crippen LogP contribution < -0.4 is 16.4 Å². The summed E-state index contributed by atoms with van der Waals surface area (Å²) in [5.41, 5.74) is 7.49. The van der Waals surface area contributed by atoms with Gasteiger partial charge >= 0.3 is 23.8 Å². The minimum absolute atomic E-state index is 0.0509. The number of esters is 1. The smallest absolute Gasteiger partial charge is 0.320 e. The fraction of sp³-hybridized carbons (Fsp3) is 0.346. The molecule has 190 valence electrons. The van der Waals surface area contributed by atoms with Crippen molar-refractivity contribution in [1.29, 1.82) is 0 Å². The van der Waals surface area contributed by atoms with Gasteiger partial charge in [-0.1, -0.05) is 35.5 Å². The Bertz CT molecular complexity index is 1140. The average molecular weight is 494 g/mol. The number of benzene rings is 1. The first kappa shape index (κ1) is 26.4. The van der Waals surface area contributed by atoms with Crippen molar-refractivity contribution in [3.05, 3.63) is 71.8 Å². The van der Waals surface area contributed by atoms with Gasteiger partial charge in [0.1, 0.15) is 0 Å². The molecule has 2 amide bonds. The normalized spacial score (nSPS) is 18.3. The lowest BCUT2D eigenvalue weighted by Crippen LogP contribution is -2.17. The zero-order valence-corrected chi connectivity index (χ0v) is 20.4. The van der Waals surface area contributed by atoms with E-state index in [4.69, 9.17) is 14.9 Å². The number of hydrogen-bond acceptors (Lipinski definition) is 8. The minimum Gasteiger partial charge on any atom is -0.469 e. The van der Waals surface area contributed by atoms with Crippen LogP contribution in [0, 0.1) is 5.92 Å². The second-order valence-electron chi connectivity index (χ2n) is 8.48. The van der Waals surface area contributed by atoms with E-state index in [1.807, 2.05) is 24.3 Å². The van der Waals surface area contributed by atoms with Gasteiger partial charge in [0.15, 0.2) is 0 Å². The Morgan fingerprint density at radius 2 is 1.75 bits per heavy atom. The van der Waals surface area contributed by atoms with E-state index in [2.05, 4.69) is 20.8 Å². The number of ether oxygens (including phenoxy) is 1. The molecular formula is C26H31N5O5. The first-order valence-electron chi connectivity index (χ1n) is 11.8. The Labute approximate surface area is 209 Å². The van der Waals surface area contributed by atoms with Crippen LogP contribution in [0.4, 0.5) is 11.7 Å². The van der Waals surface area contributed by atoms with Crippen molar-refractivity contribution >= 4 is 29.5 Å². The van der Waals surface area contributed by atoms with Gasteiger partial charge in [-0.05, 0) is 68.2 Å². The summed E-state index contributed by atoms with van der Waals surface area (Å²) in [5.74, 6) is -0.561. The molecule has 4 N–H and O–H groups in total. The molecule has 10 nitrogen and oxygen atoms in total. The van der Waals surface area contributed by atoms with Crippen molar-refractivity contribution < 1.29 is 23.5 Å². The van der Waals surface area contributed by atoms with Gasteiger partial charge in [0.2, 0.25) is 5.91 Å². The molecule has 0 unspecified atom stereocenters. The molecule has 0 saturated heterocycles. The first-order valence-corrected chi connectivity index (χ1v) is 11.8. The van der Waals surface area contributed by atoms with Crippen LogP contribution in [-0.2, 0) is 14.3 Å². The lowest BCUT2D eigenvalue weighted by Gasteiger charge is -2.28. The highest BCUT2D eigenvalue weighted by Crippen LogP contribution is 2.37. The molecule has 0 radical (unpaired) electrons. The van der Waals surface area contributed by atoms with E-state index in [9.17, 15) is 14.4 Å². The summed E-state index contributed by atoms with van der Waals surface area (Å²) in [5, 5.41) is 13.3. The van der Waals surface area contributed by atoms with Crippen LogP contribution in [0.25, 0.3) is 0 Å². The van der Waals surface area contributed by atoms with Gasteiger partial charge in [-0.3, -0.25) is 14.4 Å². The number of nitrogens with zero attached hydrogens (tertiary/aromatic N) is 2. The Kier molecular flexibility index (Phi) is 9.56. The zero-order chi connectivity index (χ0) is 25.9. The number of allylic oxidation sites excluding steroid dienone is 4. The fourth-order valence-corrected chi connectivity index (χ4v) is 4.05. The monoisotopic (exact) mass is 493 g/mol. The highest BCUT2D eigenvalue weighted by atomic mass is 16.5. The maximum atomic E-state index is 12.5. The Morgan fingerprint density at radius 1 is 1.06 bits per heavy atom. The number of rotatable bonds is 10. The second-order valence-corrected chi connectivity index (χ2v) is 8.48. The molecule has 2 aromatic rings. The van der Waals surface area contributed by atoms with Gasteiger partial charge in [-0.2, -0.15) is 0 Å². The number of methoxy groups -OCH3 is 1. The van der Waals surface area contributed by atoms with Gasteiger partial charge in [0.25, 0.3) is 0 Å². The Morgan fingerprint density at radius 3 is 2.39 bits per heavy atom. The number of primary amides is 1. The molecule has 10 heteroatoms.